The molecule has 0 bridgehead atoms. The lowest BCUT2D eigenvalue weighted by Crippen LogP contribution is -2.42. The number of carbonyl (C=O) groups is 1. The molecule has 1 atom stereocenters. The van der Waals surface area contributed by atoms with Gasteiger partial charge in [0, 0.05) is 6.42 Å². The van der Waals surface area contributed by atoms with Gasteiger partial charge >= 0.3 is 5.97 Å². The molecule has 0 radical (unpaired) electrons. The number of carboxylic acids is 1. The first kappa shape index (κ1) is 6.48. The maximum atomic E-state index is 12.7. The van der Waals surface area contributed by atoms with E-state index in [1.165, 1.54) is 0 Å². The Hall–Kier alpha value is -0.640. The van der Waals surface area contributed by atoms with Crippen LogP contribution in [0.25, 0.3) is 0 Å². The largest absolute Gasteiger partial charge is 0.478 e. The number of aliphatic carboxylic acids is 1. The highest BCUT2D eigenvalue weighted by Gasteiger charge is 2.41. The standard InChI is InChI=1S/C5H8FNO2/c6-5(4(8)9)2-1-3-7-5/h7H,1-3H2,(H,8,9)/t5-/m0/s1. The van der Waals surface area contributed by atoms with Crippen LogP contribution in [0.4, 0.5) is 4.39 Å². The van der Waals surface area contributed by atoms with Gasteiger partial charge in [0.15, 0.2) is 0 Å². The van der Waals surface area contributed by atoms with Crippen molar-refractivity contribution in [2.24, 2.45) is 0 Å². The summed E-state index contributed by atoms with van der Waals surface area (Å²) in [6.07, 6.45) is 0.686. The summed E-state index contributed by atoms with van der Waals surface area (Å²) in [4.78, 5) is 10.1. The van der Waals surface area contributed by atoms with Gasteiger partial charge in [0.1, 0.15) is 0 Å². The number of carboxylic acid groups (broad SMARTS) is 1. The molecule has 1 aliphatic rings. The van der Waals surface area contributed by atoms with Gasteiger partial charge in [-0.2, -0.15) is 0 Å². The van der Waals surface area contributed by atoms with Gasteiger partial charge in [-0.25, -0.2) is 9.18 Å². The Morgan fingerprint density at radius 2 is 2.44 bits per heavy atom. The molecule has 1 heterocycles. The molecule has 1 rings (SSSR count). The molecule has 0 aromatic carbocycles. The molecule has 0 aromatic heterocycles. The average molecular weight is 133 g/mol. The van der Waals surface area contributed by atoms with Gasteiger partial charge < -0.3 is 5.11 Å². The molecule has 2 N–H and O–H groups in total. The van der Waals surface area contributed by atoms with Crippen molar-refractivity contribution in [3.8, 4) is 0 Å². The molecular weight excluding hydrogens is 125 g/mol. The number of halogens is 1. The van der Waals surface area contributed by atoms with E-state index in [-0.39, 0.29) is 6.42 Å². The second kappa shape index (κ2) is 1.95. The van der Waals surface area contributed by atoms with Gasteiger partial charge in [0.05, 0.1) is 0 Å². The fraction of sp³-hybridized carbons (Fsp3) is 0.800. The van der Waals surface area contributed by atoms with E-state index >= 15 is 0 Å². The lowest BCUT2D eigenvalue weighted by molar-refractivity contribution is -0.152. The quantitative estimate of drug-likeness (QED) is 0.499. The zero-order chi connectivity index (χ0) is 6.91. The fourth-order valence-electron chi connectivity index (χ4n) is 0.889. The van der Waals surface area contributed by atoms with Crippen LogP contribution in [0.15, 0.2) is 0 Å². The SMILES string of the molecule is O=C(O)[C@]1(F)CCCN1. The second-order valence-electron chi connectivity index (χ2n) is 2.14. The zero-order valence-electron chi connectivity index (χ0n) is 4.85. The highest BCUT2D eigenvalue weighted by atomic mass is 19.1. The number of rotatable bonds is 1. The van der Waals surface area contributed by atoms with Crippen molar-refractivity contribution in [1.29, 1.82) is 0 Å². The van der Waals surface area contributed by atoms with Gasteiger partial charge in [-0.15, -0.1) is 0 Å². The van der Waals surface area contributed by atoms with Crippen LogP contribution in [-0.4, -0.2) is 23.4 Å². The molecule has 0 saturated carbocycles. The number of nitrogens with one attached hydrogen (secondary N) is 1. The van der Waals surface area contributed by atoms with E-state index in [1.54, 1.807) is 0 Å². The second-order valence-corrected chi connectivity index (χ2v) is 2.14. The van der Waals surface area contributed by atoms with E-state index in [0.717, 1.165) is 0 Å². The van der Waals surface area contributed by atoms with Crippen molar-refractivity contribution in [2.45, 2.75) is 18.6 Å². The van der Waals surface area contributed by atoms with Crippen molar-refractivity contribution in [2.75, 3.05) is 6.54 Å². The van der Waals surface area contributed by atoms with Crippen LogP contribution >= 0.6 is 0 Å². The van der Waals surface area contributed by atoms with Crippen molar-refractivity contribution >= 4 is 5.97 Å². The van der Waals surface area contributed by atoms with Gasteiger partial charge in [-0.05, 0) is 13.0 Å². The molecule has 1 aliphatic heterocycles. The Morgan fingerprint density at radius 3 is 2.67 bits per heavy atom. The minimum atomic E-state index is -2.14. The van der Waals surface area contributed by atoms with Crippen LogP contribution < -0.4 is 5.32 Å². The van der Waals surface area contributed by atoms with Crippen molar-refractivity contribution < 1.29 is 14.3 Å². The van der Waals surface area contributed by atoms with Gasteiger partial charge in [-0.1, -0.05) is 0 Å². The van der Waals surface area contributed by atoms with Crippen LogP contribution in [0.2, 0.25) is 0 Å². The summed E-state index contributed by atoms with van der Waals surface area (Å²) in [6, 6.07) is 0. The van der Waals surface area contributed by atoms with Crippen molar-refractivity contribution in [3.63, 3.8) is 0 Å². The molecular formula is C5H8FNO2. The van der Waals surface area contributed by atoms with Crippen molar-refractivity contribution in [1.82, 2.24) is 5.32 Å². The van der Waals surface area contributed by atoms with Crippen LogP contribution in [0.5, 0.6) is 0 Å². The summed E-state index contributed by atoms with van der Waals surface area (Å²) in [5.41, 5.74) is 0. The Bertz CT molecular complexity index is 131. The normalized spacial score (nSPS) is 34.8. The van der Waals surface area contributed by atoms with E-state index in [4.69, 9.17) is 5.11 Å². The Labute approximate surface area is 51.9 Å². The molecule has 1 fully saturated rings. The van der Waals surface area contributed by atoms with Crippen molar-refractivity contribution in [3.05, 3.63) is 0 Å². The minimum absolute atomic E-state index is 0.0856. The number of hydrogen-bond acceptors (Lipinski definition) is 2. The lowest BCUT2D eigenvalue weighted by atomic mass is 10.2. The maximum absolute atomic E-state index is 12.7. The summed E-state index contributed by atoms with van der Waals surface area (Å²) >= 11 is 0. The average Bonchev–Trinajstić information content (AvgIpc) is 2.16. The molecule has 3 nitrogen and oxygen atoms in total. The first-order chi connectivity index (χ1) is 4.15. The monoisotopic (exact) mass is 133 g/mol. The maximum Gasteiger partial charge on any atom is 0.356 e. The molecule has 52 valence electrons. The minimum Gasteiger partial charge on any atom is -0.478 e. The smallest absolute Gasteiger partial charge is 0.356 e. The first-order valence-electron chi connectivity index (χ1n) is 2.82. The van der Waals surface area contributed by atoms with Crippen LogP contribution in [0.3, 0.4) is 0 Å². The third kappa shape index (κ3) is 1.03. The third-order valence-corrected chi connectivity index (χ3v) is 1.44. The summed E-state index contributed by atoms with van der Waals surface area (Å²) in [6.45, 7) is 0.461. The number of alkyl halides is 1. The van der Waals surface area contributed by atoms with Crippen LogP contribution in [-0.2, 0) is 4.79 Å². The van der Waals surface area contributed by atoms with E-state index in [9.17, 15) is 9.18 Å². The predicted octanol–water partition coefficient (Wildman–Crippen LogP) is 0.120. The highest BCUT2D eigenvalue weighted by Crippen LogP contribution is 2.20. The molecule has 0 amide bonds. The van der Waals surface area contributed by atoms with Gasteiger partial charge in [0.25, 0.3) is 5.79 Å². The highest BCUT2D eigenvalue weighted by molar-refractivity contribution is 5.77. The first-order valence-corrected chi connectivity index (χ1v) is 2.82. The molecule has 0 spiro atoms. The molecule has 0 unspecified atom stereocenters. The van der Waals surface area contributed by atoms with E-state index in [0.29, 0.717) is 13.0 Å². The molecule has 0 aromatic rings. The van der Waals surface area contributed by atoms with Crippen LogP contribution in [0.1, 0.15) is 12.8 Å². The van der Waals surface area contributed by atoms with E-state index in [1.807, 2.05) is 0 Å². The molecule has 4 heteroatoms. The topological polar surface area (TPSA) is 49.3 Å². The predicted molar refractivity (Wildman–Crippen MR) is 28.7 cm³/mol. The molecule has 9 heavy (non-hydrogen) atoms. The Morgan fingerprint density at radius 1 is 1.78 bits per heavy atom. The Kier molecular flexibility index (Phi) is 1.40. The summed E-state index contributed by atoms with van der Waals surface area (Å²) in [7, 11) is 0. The van der Waals surface area contributed by atoms with E-state index < -0.39 is 11.8 Å². The van der Waals surface area contributed by atoms with Gasteiger partial charge in [0.2, 0.25) is 0 Å². The summed E-state index contributed by atoms with van der Waals surface area (Å²) in [5, 5.41) is 10.5. The summed E-state index contributed by atoms with van der Waals surface area (Å²) in [5.74, 6) is -3.54. The molecule has 0 aliphatic carbocycles. The summed E-state index contributed by atoms with van der Waals surface area (Å²) < 4.78 is 12.7. The zero-order valence-corrected chi connectivity index (χ0v) is 4.85. The number of hydrogen-bond donors (Lipinski definition) is 2. The third-order valence-electron chi connectivity index (χ3n) is 1.44. The Balaban J connectivity index is 2.61. The van der Waals surface area contributed by atoms with E-state index in [2.05, 4.69) is 5.32 Å². The van der Waals surface area contributed by atoms with Crippen LogP contribution in [0, 0.1) is 0 Å². The fourth-order valence-corrected chi connectivity index (χ4v) is 0.889. The van der Waals surface area contributed by atoms with Gasteiger partial charge in [-0.3, -0.25) is 5.32 Å². The lowest BCUT2D eigenvalue weighted by Gasteiger charge is -2.11. The molecule has 1 saturated heterocycles.